The van der Waals surface area contributed by atoms with Crippen LogP contribution < -0.4 is 11.1 Å². The molecular weight excluding hydrogens is 320 g/mol. The van der Waals surface area contributed by atoms with Crippen molar-refractivity contribution in [2.75, 3.05) is 17.6 Å². The highest BCUT2D eigenvalue weighted by atomic mass is 79.9. The fourth-order valence-corrected chi connectivity index (χ4v) is 2.35. The van der Waals surface area contributed by atoms with Gasteiger partial charge in [-0.2, -0.15) is 0 Å². The second kappa shape index (κ2) is 5.46. The minimum Gasteiger partial charge on any atom is -0.398 e. The number of nitrogen functional groups attached to an aromatic ring is 1. The van der Waals surface area contributed by atoms with E-state index < -0.39 is 0 Å². The Morgan fingerprint density at radius 1 is 1.35 bits per heavy atom. The molecule has 2 heterocycles. The van der Waals surface area contributed by atoms with E-state index in [0.717, 1.165) is 39.8 Å². The lowest BCUT2D eigenvalue weighted by Crippen LogP contribution is -2.11. The van der Waals surface area contributed by atoms with Crippen LogP contribution in [0.4, 0.5) is 11.4 Å². The van der Waals surface area contributed by atoms with Crippen LogP contribution in [0.1, 0.15) is 0 Å². The summed E-state index contributed by atoms with van der Waals surface area (Å²) in [6.45, 7) is 1.47. The van der Waals surface area contributed by atoms with E-state index in [4.69, 9.17) is 5.73 Å². The van der Waals surface area contributed by atoms with Crippen LogP contribution in [0, 0.1) is 0 Å². The second-order valence-electron chi connectivity index (χ2n) is 4.34. The number of rotatable bonds is 4. The average molecular weight is 333 g/mol. The number of nitrogens with two attached hydrogens (primary N) is 1. The predicted molar refractivity (Wildman–Crippen MR) is 82.4 cm³/mol. The van der Waals surface area contributed by atoms with Gasteiger partial charge in [0.05, 0.1) is 23.9 Å². The fraction of sp³-hybridized carbons (Fsp3) is 0.154. The first-order chi connectivity index (χ1) is 9.74. The number of nitrogens with one attached hydrogen (secondary N) is 1. The number of pyridine rings is 1. The Morgan fingerprint density at radius 2 is 2.25 bits per heavy atom. The van der Waals surface area contributed by atoms with Gasteiger partial charge in [0.15, 0.2) is 0 Å². The molecule has 20 heavy (non-hydrogen) atoms. The minimum absolute atomic E-state index is 0.718. The highest BCUT2D eigenvalue weighted by Gasteiger charge is 2.06. The number of hydrogen-bond acceptors (Lipinski definition) is 5. The summed E-state index contributed by atoms with van der Waals surface area (Å²) < 4.78 is 2.69. The number of anilines is 2. The van der Waals surface area contributed by atoms with Crippen molar-refractivity contribution >= 4 is 38.2 Å². The van der Waals surface area contributed by atoms with Gasteiger partial charge in [-0.15, -0.1) is 5.10 Å². The van der Waals surface area contributed by atoms with E-state index >= 15 is 0 Å². The van der Waals surface area contributed by atoms with Crippen LogP contribution in [0.15, 0.2) is 41.3 Å². The molecule has 102 valence electrons. The van der Waals surface area contributed by atoms with Crippen molar-refractivity contribution in [3.63, 3.8) is 0 Å². The first-order valence-corrected chi connectivity index (χ1v) is 6.95. The van der Waals surface area contributed by atoms with Crippen LogP contribution in [-0.4, -0.2) is 26.5 Å². The van der Waals surface area contributed by atoms with Crippen molar-refractivity contribution in [3.05, 3.63) is 41.3 Å². The molecule has 0 saturated carbocycles. The van der Waals surface area contributed by atoms with Crippen LogP contribution in [-0.2, 0) is 6.54 Å². The number of halogens is 1. The molecule has 1 aromatic carbocycles. The van der Waals surface area contributed by atoms with Gasteiger partial charge in [-0.3, -0.25) is 9.67 Å². The molecule has 0 fully saturated rings. The van der Waals surface area contributed by atoms with Gasteiger partial charge in [-0.1, -0.05) is 5.21 Å². The van der Waals surface area contributed by atoms with E-state index in [9.17, 15) is 0 Å². The zero-order valence-corrected chi connectivity index (χ0v) is 12.2. The molecule has 7 heteroatoms. The molecule has 0 saturated heterocycles. The monoisotopic (exact) mass is 332 g/mol. The molecule has 0 bridgehead atoms. The molecule has 0 aliphatic carbocycles. The third kappa shape index (κ3) is 2.57. The lowest BCUT2D eigenvalue weighted by Gasteiger charge is -2.10. The van der Waals surface area contributed by atoms with Crippen LogP contribution in [0.3, 0.4) is 0 Å². The van der Waals surface area contributed by atoms with Gasteiger partial charge >= 0.3 is 0 Å². The number of fused-ring (bicyclic) bond motifs is 1. The molecule has 0 aliphatic heterocycles. The molecule has 0 aliphatic rings. The van der Waals surface area contributed by atoms with E-state index in [1.807, 2.05) is 24.4 Å². The van der Waals surface area contributed by atoms with Gasteiger partial charge < -0.3 is 11.1 Å². The lowest BCUT2D eigenvalue weighted by atomic mass is 10.1. The molecule has 2 aromatic heterocycles. The molecule has 0 unspecified atom stereocenters. The average Bonchev–Trinajstić information content (AvgIpc) is 2.95. The zero-order valence-electron chi connectivity index (χ0n) is 10.6. The topological polar surface area (TPSA) is 81.6 Å². The summed E-state index contributed by atoms with van der Waals surface area (Å²) in [5.74, 6) is 0. The van der Waals surface area contributed by atoms with E-state index in [1.165, 1.54) is 0 Å². The first-order valence-electron chi connectivity index (χ1n) is 6.16. The molecule has 3 rings (SSSR count). The van der Waals surface area contributed by atoms with Crippen LogP contribution in [0.25, 0.3) is 10.9 Å². The van der Waals surface area contributed by atoms with Crippen LogP contribution >= 0.6 is 15.9 Å². The normalized spacial score (nSPS) is 10.8. The molecule has 6 nitrogen and oxygen atoms in total. The predicted octanol–water partition coefficient (Wildman–Crippen LogP) is 2.28. The van der Waals surface area contributed by atoms with E-state index in [0.29, 0.717) is 0 Å². The molecule has 3 aromatic rings. The van der Waals surface area contributed by atoms with Crippen molar-refractivity contribution in [2.45, 2.75) is 6.54 Å². The second-order valence-corrected chi connectivity index (χ2v) is 5.26. The highest BCUT2D eigenvalue weighted by molar-refractivity contribution is 9.10. The summed E-state index contributed by atoms with van der Waals surface area (Å²) in [6, 6.07) is 5.80. The Balaban J connectivity index is 1.82. The number of benzene rings is 1. The fourth-order valence-electron chi connectivity index (χ4n) is 2.02. The summed E-state index contributed by atoms with van der Waals surface area (Å²) in [6.07, 6.45) is 5.26. The summed E-state index contributed by atoms with van der Waals surface area (Å²) in [5, 5.41) is 12.0. The summed E-state index contributed by atoms with van der Waals surface area (Å²) >= 11 is 3.41. The van der Waals surface area contributed by atoms with E-state index in [1.54, 1.807) is 17.1 Å². The van der Waals surface area contributed by atoms with E-state index in [2.05, 4.69) is 36.5 Å². The Hall–Kier alpha value is -2.15. The largest absolute Gasteiger partial charge is 0.398 e. The van der Waals surface area contributed by atoms with Crippen molar-refractivity contribution < 1.29 is 0 Å². The number of nitrogens with zero attached hydrogens (tertiary/aromatic N) is 4. The van der Waals surface area contributed by atoms with Crippen molar-refractivity contribution in [1.29, 1.82) is 0 Å². The maximum Gasteiger partial charge on any atom is 0.0954 e. The minimum atomic E-state index is 0.718. The quantitative estimate of drug-likeness (QED) is 0.716. The van der Waals surface area contributed by atoms with Crippen LogP contribution in [0.5, 0.6) is 0 Å². The Labute approximate surface area is 124 Å². The van der Waals surface area contributed by atoms with Gasteiger partial charge in [0.25, 0.3) is 0 Å². The Kier molecular flexibility index (Phi) is 3.51. The van der Waals surface area contributed by atoms with Crippen molar-refractivity contribution in [1.82, 2.24) is 20.0 Å². The summed E-state index contributed by atoms with van der Waals surface area (Å²) in [5.41, 5.74) is 8.53. The van der Waals surface area contributed by atoms with Crippen molar-refractivity contribution in [3.8, 4) is 0 Å². The molecule has 0 atom stereocenters. The maximum atomic E-state index is 5.99. The molecule has 0 spiro atoms. The molecule has 0 radical (unpaired) electrons. The highest BCUT2D eigenvalue weighted by Crippen LogP contribution is 2.28. The summed E-state index contributed by atoms with van der Waals surface area (Å²) in [7, 11) is 0. The van der Waals surface area contributed by atoms with Gasteiger partial charge in [0.1, 0.15) is 0 Å². The number of aromatic nitrogens is 4. The Bertz CT molecular complexity index is 725. The van der Waals surface area contributed by atoms with Gasteiger partial charge in [0.2, 0.25) is 0 Å². The zero-order chi connectivity index (χ0) is 13.9. The standard InChI is InChI=1S/C13H13BrN6/c14-9-7-10-11(15)1-2-12(13(10)17-8-9)16-3-5-20-6-4-18-19-20/h1-2,4,6-8,16H,3,5,15H2. The summed E-state index contributed by atoms with van der Waals surface area (Å²) in [4.78, 5) is 4.43. The third-order valence-corrected chi connectivity index (χ3v) is 3.41. The SMILES string of the molecule is Nc1ccc(NCCn2ccnn2)c2ncc(Br)cc12. The maximum absolute atomic E-state index is 5.99. The van der Waals surface area contributed by atoms with E-state index in [-0.39, 0.29) is 0 Å². The lowest BCUT2D eigenvalue weighted by molar-refractivity contribution is 0.609. The van der Waals surface area contributed by atoms with Gasteiger partial charge in [0, 0.05) is 34.5 Å². The Morgan fingerprint density at radius 3 is 3.05 bits per heavy atom. The third-order valence-electron chi connectivity index (χ3n) is 2.98. The molecule has 3 N–H and O–H groups in total. The first kappa shape index (κ1) is 12.9. The number of hydrogen-bond donors (Lipinski definition) is 2. The van der Waals surface area contributed by atoms with Gasteiger partial charge in [-0.05, 0) is 34.1 Å². The van der Waals surface area contributed by atoms with Gasteiger partial charge in [-0.25, -0.2) is 0 Å². The smallest absolute Gasteiger partial charge is 0.0954 e. The van der Waals surface area contributed by atoms with Crippen molar-refractivity contribution in [2.24, 2.45) is 0 Å². The molecule has 0 amide bonds. The molecular formula is C13H13BrN6. The van der Waals surface area contributed by atoms with Crippen LogP contribution in [0.2, 0.25) is 0 Å².